The van der Waals surface area contributed by atoms with E-state index in [1.165, 1.54) is 17.5 Å². The standard InChI is InChI=1S/C17H23NO/c1-11(2)7-17-16-9-13-8-12(10-19)3-4-14(13)15(16)5-6-18-17/h3-4,8,11,17-19H,5-7,9-10H2,1-2H3. The number of hydrogen-bond acceptors (Lipinski definition) is 2. The van der Waals surface area contributed by atoms with Gasteiger partial charge in [0.05, 0.1) is 6.61 Å². The molecule has 2 N–H and O–H groups in total. The first-order chi connectivity index (χ1) is 9.19. The molecule has 0 bridgehead atoms. The fourth-order valence-electron chi connectivity index (χ4n) is 3.49. The fourth-order valence-corrected chi connectivity index (χ4v) is 3.49. The molecule has 102 valence electrons. The fraction of sp³-hybridized carbons (Fsp3) is 0.529. The molecule has 1 aromatic rings. The Morgan fingerprint density at radius 3 is 2.95 bits per heavy atom. The molecule has 1 aliphatic carbocycles. The molecule has 19 heavy (non-hydrogen) atoms. The maximum atomic E-state index is 9.27. The maximum Gasteiger partial charge on any atom is 0.0681 e. The molecule has 0 saturated heterocycles. The predicted molar refractivity (Wildman–Crippen MR) is 78.9 cm³/mol. The summed E-state index contributed by atoms with van der Waals surface area (Å²) in [6.07, 6.45) is 3.44. The van der Waals surface area contributed by atoms with Crippen molar-refractivity contribution in [2.75, 3.05) is 6.54 Å². The minimum absolute atomic E-state index is 0.144. The summed E-state index contributed by atoms with van der Waals surface area (Å²) in [6, 6.07) is 7.00. The Morgan fingerprint density at radius 2 is 2.21 bits per heavy atom. The molecule has 0 saturated carbocycles. The van der Waals surface area contributed by atoms with Gasteiger partial charge in [-0.05, 0) is 59.6 Å². The lowest BCUT2D eigenvalue weighted by Gasteiger charge is -2.28. The van der Waals surface area contributed by atoms with Gasteiger partial charge in [-0.25, -0.2) is 0 Å². The molecule has 1 heterocycles. The van der Waals surface area contributed by atoms with Crippen LogP contribution in [0.5, 0.6) is 0 Å². The van der Waals surface area contributed by atoms with Gasteiger partial charge in [-0.15, -0.1) is 0 Å². The second-order valence-corrected chi connectivity index (χ2v) is 6.22. The van der Waals surface area contributed by atoms with Crippen LogP contribution in [0.1, 0.15) is 43.4 Å². The van der Waals surface area contributed by atoms with Crippen LogP contribution in [-0.2, 0) is 13.0 Å². The van der Waals surface area contributed by atoms with Crippen molar-refractivity contribution in [3.63, 3.8) is 0 Å². The molecule has 1 unspecified atom stereocenters. The molecule has 2 aliphatic rings. The van der Waals surface area contributed by atoms with E-state index >= 15 is 0 Å². The van der Waals surface area contributed by atoms with Crippen molar-refractivity contribution in [2.24, 2.45) is 5.92 Å². The number of benzene rings is 1. The zero-order chi connectivity index (χ0) is 13.4. The lowest BCUT2D eigenvalue weighted by atomic mass is 9.89. The molecule has 1 aliphatic heterocycles. The second kappa shape index (κ2) is 5.10. The number of rotatable bonds is 3. The Labute approximate surface area is 115 Å². The van der Waals surface area contributed by atoms with E-state index in [9.17, 15) is 5.11 Å². The second-order valence-electron chi connectivity index (χ2n) is 6.22. The van der Waals surface area contributed by atoms with Gasteiger partial charge in [-0.2, -0.15) is 0 Å². The van der Waals surface area contributed by atoms with Crippen LogP contribution in [0.2, 0.25) is 0 Å². The first-order valence-corrected chi connectivity index (χ1v) is 7.37. The van der Waals surface area contributed by atoms with E-state index < -0.39 is 0 Å². The van der Waals surface area contributed by atoms with Crippen molar-refractivity contribution in [3.05, 3.63) is 40.5 Å². The third kappa shape index (κ3) is 2.35. The van der Waals surface area contributed by atoms with Gasteiger partial charge in [0.2, 0.25) is 0 Å². The molecule has 2 heteroatoms. The van der Waals surface area contributed by atoms with Crippen molar-refractivity contribution in [2.45, 2.75) is 45.8 Å². The van der Waals surface area contributed by atoms with E-state index in [0.29, 0.717) is 6.04 Å². The molecule has 0 spiro atoms. The van der Waals surface area contributed by atoms with Gasteiger partial charge >= 0.3 is 0 Å². The van der Waals surface area contributed by atoms with E-state index in [0.717, 1.165) is 30.9 Å². The summed E-state index contributed by atoms with van der Waals surface area (Å²) in [5.74, 6) is 0.723. The number of aliphatic hydroxyl groups is 1. The smallest absolute Gasteiger partial charge is 0.0681 e. The molecule has 1 aromatic carbocycles. The zero-order valence-electron chi connectivity index (χ0n) is 11.9. The van der Waals surface area contributed by atoms with Crippen LogP contribution in [0.3, 0.4) is 0 Å². The van der Waals surface area contributed by atoms with Crippen molar-refractivity contribution in [3.8, 4) is 0 Å². The van der Waals surface area contributed by atoms with Crippen LogP contribution >= 0.6 is 0 Å². The van der Waals surface area contributed by atoms with Gasteiger partial charge in [0.15, 0.2) is 0 Å². The van der Waals surface area contributed by atoms with E-state index in [2.05, 4.69) is 37.4 Å². The topological polar surface area (TPSA) is 32.3 Å². The lowest BCUT2D eigenvalue weighted by Crippen LogP contribution is -2.36. The molecular weight excluding hydrogens is 234 g/mol. The first-order valence-electron chi connectivity index (χ1n) is 7.37. The Morgan fingerprint density at radius 1 is 1.37 bits per heavy atom. The van der Waals surface area contributed by atoms with Crippen LogP contribution in [0.15, 0.2) is 23.8 Å². The first kappa shape index (κ1) is 12.9. The van der Waals surface area contributed by atoms with Crippen LogP contribution in [0.25, 0.3) is 5.57 Å². The van der Waals surface area contributed by atoms with E-state index in [1.54, 1.807) is 11.1 Å². The van der Waals surface area contributed by atoms with Crippen LogP contribution in [0, 0.1) is 5.92 Å². The summed E-state index contributed by atoms with van der Waals surface area (Å²) < 4.78 is 0. The molecule has 0 radical (unpaired) electrons. The molecule has 0 amide bonds. The monoisotopic (exact) mass is 257 g/mol. The summed E-state index contributed by atoms with van der Waals surface area (Å²) in [7, 11) is 0. The molecule has 1 atom stereocenters. The van der Waals surface area contributed by atoms with E-state index in [4.69, 9.17) is 0 Å². The van der Waals surface area contributed by atoms with E-state index in [-0.39, 0.29) is 6.61 Å². The average Bonchev–Trinajstić information content (AvgIpc) is 2.77. The highest BCUT2D eigenvalue weighted by Crippen LogP contribution is 2.39. The number of hydrogen-bond donors (Lipinski definition) is 2. The molecule has 3 rings (SSSR count). The number of aliphatic hydroxyl groups excluding tert-OH is 1. The quantitative estimate of drug-likeness (QED) is 0.872. The third-order valence-electron chi connectivity index (χ3n) is 4.34. The summed E-state index contributed by atoms with van der Waals surface area (Å²) >= 11 is 0. The van der Waals surface area contributed by atoms with Gasteiger partial charge < -0.3 is 10.4 Å². The van der Waals surface area contributed by atoms with Crippen molar-refractivity contribution in [1.29, 1.82) is 0 Å². The van der Waals surface area contributed by atoms with E-state index in [1.807, 2.05) is 0 Å². The average molecular weight is 257 g/mol. The highest BCUT2D eigenvalue weighted by Gasteiger charge is 2.30. The Bertz CT molecular complexity index is 516. The maximum absolute atomic E-state index is 9.27. The molecule has 0 fully saturated rings. The van der Waals surface area contributed by atoms with Crippen LogP contribution < -0.4 is 5.32 Å². The Kier molecular flexibility index (Phi) is 3.46. The normalized spacial score (nSPS) is 21.8. The Hall–Kier alpha value is -1.12. The van der Waals surface area contributed by atoms with Crippen molar-refractivity contribution < 1.29 is 5.11 Å². The third-order valence-corrected chi connectivity index (χ3v) is 4.34. The molecular formula is C17H23NO. The minimum atomic E-state index is 0.144. The van der Waals surface area contributed by atoms with Gasteiger partial charge in [0.1, 0.15) is 0 Å². The van der Waals surface area contributed by atoms with Gasteiger partial charge in [-0.1, -0.05) is 32.0 Å². The van der Waals surface area contributed by atoms with Gasteiger partial charge in [0.25, 0.3) is 0 Å². The largest absolute Gasteiger partial charge is 0.392 e. The molecule has 0 aromatic heterocycles. The SMILES string of the molecule is CC(C)CC1NCCC2=C1Cc1cc(CO)ccc12. The van der Waals surface area contributed by atoms with Crippen molar-refractivity contribution in [1.82, 2.24) is 5.32 Å². The number of nitrogens with one attached hydrogen (secondary N) is 1. The van der Waals surface area contributed by atoms with Crippen LogP contribution in [0.4, 0.5) is 0 Å². The lowest BCUT2D eigenvalue weighted by molar-refractivity contribution is 0.281. The van der Waals surface area contributed by atoms with Gasteiger partial charge in [0, 0.05) is 6.04 Å². The highest BCUT2D eigenvalue weighted by molar-refractivity contribution is 5.78. The summed E-state index contributed by atoms with van der Waals surface area (Å²) in [6.45, 7) is 5.83. The van der Waals surface area contributed by atoms with Crippen molar-refractivity contribution >= 4 is 5.57 Å². The minimum Gasteiger partial charge on any atom is -0.392 e. The predicted octanol–water partition coefficient (Wildman–Crippen LogP) is 2.90. The summed E-state index contributed by atoms with van der Waals surface area (Å²) in [5, 5.41) is 13.0. The summed E-state index contributed by atoms with van der Waals surface area (Å²) in [5.41, 5.74) is 7.05. The Balaban J connectivity index is 1.92. The van der Waals surface area contributed by atoms with Crippen LogP contribution in [-0.4, -0.2) is 17.7 Å². The number of fused-ring (bicyclic) bond motifs is 2. The highest BCUT2D eigenvalue weighted by atomic mass is 16.3. The zero-order valence-corrected chi connectivity index (χ0v) is 11.9. The summed E-state index contributed by atoms with van der Waals surface area (Å²) in [4.78, 5) is 0. The molecule has 2 nitrogen and oxygen atoms in total. The van der Waals surface area contributed by atoms with Gasteiger partial charge in [-0.3, -0.25) is 0 Å².